The van der Waals surface area contributed by atoms with Gasteiger partial charge in [-0.2, -0.15) is 0 Å². The molecule has 0 aromatic carbocycles. The van der Waals surface area contributed by atoms with Gasteiger partial charge >= 0.3 is 0 Å². The first-order chi connectivity index (χ1) is 9.88. The number of rotatable bonds is 4. The lowest BCUT2D eigenvalue weighted by atomic mass is 10.00. The van der Waals surface area contributed by atoms with Crippen LogP contribution in [-0.2, 0) is 14.3 Å². The summed E-state index contributed by atoms with van der Waals surface area (Å²) in [6, 6.07) is 0. The maximum atomic E-state index is 13.2. The van der Waals surface area contributed by atoms with Crippen LogP contribution in [0, 0.1) is 0 Å². The fourth-order valence-corrected chi connectivity index (χ4v) is 2.19. The molecule has 0 bridgehead atoms. The molecule has 0 spiro atoms. The Morgan fingerprint density at radius 2 is 1.81 bits per heavy atom. The molecule has 2 amide bonds. The van der Waals surface area contributed by atoms with E-state index in [0.29, 0.717) is 26.1 Å². The zero-order valence-electron chi connectivity index (χ0n) is 12.4. The SMILES string of the molecule is C=CC[C@]1(C)OCCNC1=O.C=CC[C@]1(F)CCNC1=O. The zero-order valence-corrected chi connectivity index (χ0v) is 12.4. The third-order valence-electron chi connectivity index (χ3n) is 3.50. The number of morpholine rings is 1. The zero-order chi connectivity index (χ0) is 15.9. The summed E-state index contributed by atoms with van der Waals surface area (Å²) in [4.78, 5) is 22.0. The highest BCUT2D eigenvalue weighted by molar-refractivity contribution is 5.87. The van der Waals surface area contributed by atoms with Crippen molar-refractivity contribution in [3.05, 3.63) is 25.3 Å². The number of hydrogen-bond donors (Lipinski definition) is 2. The van der Waals surface area contributed by atoms with Crippen LogP contribution < -0.4 is 10.6 Å². The van der Waals surface area contributed by atoms with E-state index >= 15 is 0 Å². The molecular weight excluding hydrogens is 275 g/mol. The molecule has 2 atom stereocenters. The molecule has 2 aliphatic heterocycles. The number of ether oxygens (including phenoxy) is 1. The van der Waals surface area contributed by atoms with Crippen LogP contribution in [0.1, 0.15) is 26.2 Å². The molecule has 2 fully saturated rings. The summed E-state index contributed by atoms with van der Waals surface area (Å²) in [6.45, 7) is 10.4. The van der Waals surface area contributed by atoms with Crippen LogP contribution in [0.4, 0.5) is 4.39 Å². The van der Waals surface area contributed by atoms with E-state index in [1.807, 2.05) is 0 Å². The van der Waals surface area contributed by atoms with Gasteiger partial charge in [0.25, 0.3) is 11.8 Å². The van der Waals surface area contributed by atoms with Crippen molar-refractivity contribution in [3.8, 4) is 0 Å². The largest absolute Gasteiger partial charge is 0.363 e. The second-order valence-corrected chi connectivity index (χ2v) is 5.29. The Hall–Kier alpha value is -1.69. The van der Waals surface area contributed by atoms with Crippen molar-refractivity contribution in [1.29, 1.82) is 0 Å². The molecule has 2 aliphatic rings. The number of halogens is 1. The number of carbonyl (C=O) groups excluding carboxylic acids is 2. The minimum absolute atomic E-state index is 0.0383. The minimum Gasteiger partial charge on any atom is -0.363 e. The molecule has 0 aliphatic carbocycles. The fourth-order valence-electron chi connectivity index (χ4n) is 2.19. The summed E-state index contributed by atoms with van der Waals surface area (Å²) < 4.78 is 18.6. The van der Waals surface area contributed by atoms with Crippen molar-refractivity contribution < 1.29 is 18.7 Å². The molecule has 0 radical (unpaired) electrons. The van der Waals surface area contributed by atoms with Crippen LogP contribution in [0.3, 0.4) is 0 Å². The van der Waals surface area contributed by atoms with Crippen LogP contribution in [0.2, 0.25) is 0 Å². The number of nitrogens with one attached hydrogen (secondary N) is 2. The lowest BCUT2D eigenvalue weighted by molar-refractivity contribution is -0.151. The van der Waals surface area contributed by atoms with Gasteiger partial charge in [-0.1, -0.05) is 12.2 Å². The van der Waals surface area contributed by atoms with Crippen molar-refractivity contribution >= 4 is 11.8 Å². The highest BCUT2D eigenvalue weighted by Gasteiger charge is 2.41. The standard InChI is InChI=1S/C8H13NO2.C7H10FNO/c1-3-4-8(2)7(10)9-5-6-11-8;1-2-3-7(8)4-5-9-6(7)10/h3H,1,4-6H2,2H3,(H,9,10);2H,1,3-5H2,(H,9,10)/t8-;7-/m00/s1. The molecule has 0 saturated carbocycles. The Kier molecular flexibility index (Phi) is 6.08. The van der Waals surface area contributed by atoms with E-state index in [2.05, 4.69) is 23.8 Å². The quantitative estimate of drug-likeness (QED) is 0.768. The van der Waals surface area contributed by atoms with Crippen LogP contribution in [0.5, 0.6) is 0 Å². The van der Waals surface area contributed by atoms with Gasteiger partial charge in [0.2, 0.25) is 0 Å². The number of hydrogen-bond acceptors (Lipinski definition) is 3. The van der Waals surface area contributed by atoms with Crippen LogP contribution in [0.25, 0.3) is 0 Å². The Morgan fingerprint density at radius 1 is 1.19 bits per heavy atom. The Morgan fingerprint density at radius 3 is 2.29 bits per heavy atom. The summed E-state index contributed by atoms with van der Waals surface area (Å²) in [6.07, 6.45) is 4.10. The lowest BCUT2D eigenvalue weighted by Gasteiger charge is -2.31. The van der Waals surface area contributed by atoms with Gasteiger partial charge in [-0.05, 0) is 6.92 Å². The number of amides is 2. The smallest absolute Gasteiger partial charge is 0.258 e. The summed E-state index contributed by atoms with van der Waals surface area (Å²) in [5.74, 6) is -0.531. The highest BCUT2D eigenvalue weighted by Crippen LogP contribution is 2.25. The van der Waals surface area contributed by atoms with E-state index in [0.717, 1.165) is 0 Å². The topological polar surface area (TPSA) is 67.4 Å². The maximum absolute atomic E-state index is 13.2. The average Bonchev–Trinajstić information content (AvgIpc) is 2.75. The van der Waals surface area contributed by atoms with Gasteiger partial charge in [0.05, 0.1) is 6.61 Å². The lowest BCUT2D eigenvalue weighted by Crippen LogP contribution is -2.52. The van der Waals surface area contributed by atoms with Crippen LogP contribution >= 0.6 is 0 Å². The van der Waals surface area contributed by atoms with Crippen LogP contribution in [-0.4, -0.2) is 42.8 Å². The minimum atomic E-state index is -1.66. The molecule has 118 valence electrons. The van der Waals surface area contributed by atoms with Crippen molar-refractivity contribution in [1.82, 2.24) is 10.6 Å². The summed E-state index contributed by atoms with van der Waals surface area (Å²) >= 11 is 0. The predicted octanol–water partition coefficient (Wildman–Crippen LogP) is 1.26. The first-order valence-electron chi connectivity index (χ1n) is 6.99. The number of carbonyl (C=O) groups is 2. The van der Waals surface area contributed by atoms with Crippen LogP contribution in [0.15, 0.2) is 25.3 Å². The molecule has 21 heavy (non-hydrogen) atoms. The number of allylic oxidation sites excluding steroid dienone is 1. The molecule has 0 unspecified atom stereocenters. The van der Waals surface area contributed by atoms with Gasteiger partial charge in [-0.25, -0.2) is 4.39 Å². The van der Waals surface area contributed by atoms with Crippen molar-refractivity contribution in [3.63, 3.8) is 0 Å². The number of alkyl halides is 1. The third kappa shape index (κ3) is 4.39. The molecule has 2 N–H and O–H groups in total. The third-order valence-corrected chi connectivity index (χ3v) is 3.50. The molecule has 2 heterocycles. The highest BCUT2D eigenvalue weighted by atomic mass is 19.1. The monoisotopic (exact) mass is 298 g/mol. The van der Waals surface area contributed by atoms with Crippen molar-refractivity contribution in [2.75, 3.05) is 19.7 Å². The van der Waals surface area contributed by atoms with Gasteiger partial charge in [0, 0.05) is 32.4 Å². The van der Waals surface area contributed by atoms with E-state index in [1.165, 1.54) is 6.08 Å². The predicted molar refractivity (Wildman–Crippen MR) is 78.5 cm³/mol. The summed E-state index contributed by atoms with van der Waals surface area (Å²) in [5, 5.41) is 5.18. The van der Waals surface area contributed by atoms with Gasteiger partial charge in [0.1, 0.15) is 5.60 Å². The first kappa shape index (κ1) is 17.4. The molecule has 2 saturated heterocycles. The van der Waals surface area contributed by atoms with Crippen molar-refractivity contribution in [2.45, 2.75) is 37.5 Å². The van der Waals surface area contributed by atoms with E-state index in [4.69, 9.17) is 4.74 Å². The molecule has 0 aromatic heterocycles. The second-order valence-electron chi connectivity index (χ2n) is 5.29. The fraction of sp³-hybridized carbons (Fsp3) is 0.600. The Balaban J connectivity index is 0.000000211. The molecule has 5 nitrogen and oxygen atoms in total. The van der Waals surface area contributed by atoms with Gasteiger partial charge in [0.15, 0.2) is 5.67 Å². The molecule has 2 rings (SSSR count). The van der Waals surface area contributed by atoms with Gasteiger partial charge in [-0.3, -0.25) is 9.59 Å². The summed E-state index contributed by atoms with van der Waals surface area (Å²) in [5.41, 5.74) is -2.35. The van der Waals surface area contributed by atoms with E-state index in [-0.39, 0.29) is 18.7 Å². The van der Waals surface area contributed by atoms with Gasteiger partial charge in [-0.15, -0.1) is 13.2 Å². The second kappa shape index (κ2) is 7.36. The van der Waals surface area contributed by atoms with Crippen molar-refractivity contribution in [2.24, 2.45) is 0 Å². The van der Waals surface area contributed by atoms with E-state index < -0.39 is 17.2 Å². The van der Waals surface area contributed by atoms with E-state index in [1.54, 1.807) is 13.0 Å². The first-order valence-corrected chi connectivity index (χ1v) is 6.99. The molecule has 6 heteroatoms. The van der Waals surface area contributed by atoms with Gasteiger partial charge < -0.3 is 15.4 Å². The molecule has 0 aromatic rings. The van der Waals surface area contributed by atoms with E-state index in [9.17, 15) is 14.0 Å². The Labute approximate surface area is 124 Å². The summed E-state index contributed by atoms with van der Waals surface area (Å²) in [7, 11) is 0. The normalized spacial score (nSPS) is 31.5. The maximum Gasteiger partial charge on any atom is 0.258 e. The Bertz CT molecular complexity index is 427. The average molecular weight is 298 g/mol. The molecular formula is C15H23FN2O3.